The first kappa shape index (κ1) is 28.2. The Kier molecular flexibility index (Phi) is 6.42. The van der Waals surface area contributed by atoms with Crippen molar-refractivity contribution in [1.82, 2.24) is 15.0 Å². The Bertz CT molecular complexity index is 2680. The maximum absolute atomic E-state index is 6.15. The van der Waals surface area contributed by atoms with Gasteiger partial charge in [0.25, 0.3) is 0 Å². The van der Waals surface area contributed by atoms with E-state index in [-0.39, 0.29) is 0 Å². The lowest BCUT2D eigenvalue weighted by Crippen LogP contribution is -2.00. The third kappa shape index (κ3) is 4.83. The molecule has 0 spiro atoms. The zero-order valence-corrected chi connectivity index (χ0v) is 26.7. The van der Waals surface area contributed by atoms with Crippen LogP contribution in [-0.4, -0.2) is 15.0 Å². The van der Waals surface area contributed by atoms with Crippen LogP contribution in [0.4, 0.5) is 0 Å². The van der Waals surface area contributed by atoms with Crippen LogP contribution in [0.2, 0.25) is 0 Å². The molecule has 10 aromatic rings. The summed E-state index contributed by atoms with van der Waals surface area (Å²) in [5, 5.41) is 4.15. The minimum atomic E-state index is 0.584. The number of nitrogens with zero attached hydrogens (tertiary/aromatic N) is 3. The van der Waals surface area contributed by atoms with Gasteiger partial charge in [-0.05, 0) is 89.0 Å². The number of furan rings is 2. The molecule has 234 valence electrons. The van der Waals surface area contributed by atoms with Gasteiger partial charge in [-0.3, -0.25) is 0 Å². The second kappa shape index (κ2) is 11.4. The highest BCUT2D eigenvalue weighted by molar-refractivity contribution is 6.07. The van der Waals surface area contributed by atoms with Gasteiger partial charge < -0.3 is 8.83 Å². The predicted molar refractivity (Wildman–Crippen MR) is 202 cm³/mol. The summed E-state index contributed by atoms with van der Waals surface area (Å²) in [4.78, 5) is 15.5. The molecular weight excluding hydrogens is 615 g/mol. The molecule has 0 bridgehead atoms. The summed E-state index contributed by atoms with van der Waals surface area (Å²) in [6, 6.07) is 55.9. The Morgan fingerprint density at radius 1 is 0.260 bits per heavy atom. The lowest BCUT2D eigenvalue weighted by Gasteiger charge is -2.12. The first-order valence-corrected chi connectivity index (χ1v) is 16.6. The topological polar surface area (TPSA) is 65.0 Å². The standard InChI is InChI=1S/C45H27N3O2/c1-3-11-28(12-4-1)32-23-33(29-13-5-2-6-14-29)25-34(24-32)45-47-43(30-19-21-41-37(26-30)35-15-7-9-17-39(35)49-41)46-44(48-45)31-20-22-42-38(27-31)36-16-8-10-18-40(36)50-42/h1-27H. The maximum atomic E-state index is 6.15. The second-order valence-electron chi connectivity index (χ2n) is 12.5. The molecule has 5 nitrogen and oxygen atoms in total. The van der Waals surface area contributed by atoms with Crippen LogP contribution in [0.25, 0.3) is 100 Å². The van der Waals surface area contributed by atoms with Crippen LogP contribution in [0.3, 0.4) is 0 Å². The Morgan fingerprint density at radius 3 is 1.12 bits per heavy atom. The molecule has 0 atom stereocenters. The number of rotatable bonds is 5. The monoisotopic (exact) mass is 641 g/mol. The first-order chi connectivity index (χ1) is 24.7. The Morgan fingerprint density at radius 2 is 0.640 bits per heavy atom. The molecule has 0 radical (unpaired) electrons. The SMILES string of the molecule is c1ccc(-c2cc(-c3ccccc3)cc(-c3nc(-c4ccc5oc6ccccc6c5c4)nc(-c4ccc5oc6ccccc6c5c4)n3)c2)cc1. The summed E-state index contributed by atoms with van der Waals surface area (Å²) in [5.41, 5.74) is 10.4. The van der Waals surface area contributed by atoms with E-state index in [2.05, 4.69) is 91.0 Å². The number of fused-ring (bicyclic) bond motifs is 6. The van der Waals surface area contributed by atoms with Gasteiger partial charge in [-0.1, -0.05) is 97.1 Å². The molecule has 3 heterocycles. The van der Waals surface area contributed by atoms with Crippen molar-refractivity contribution in [3.63, 3.8) is 0 Å². The van der Waals surface area contributed by atoms with Crippen molar-refractivity contribution in [2.45, 2.75) is 0 Å². The summed E-state index contributed by atoms with van der Waals surface area (Å²) in [6.07, 6.45) is 0. The van der Waals surface area contributed by atoms with E-state index in [9.17, 15) is 0 Å². The lowest BCUT2D eigenvalue weighted by atomic mass is 9.96. The molecule has 7 aromatic carbocycles. The molecule has 0 fully saturated rings. The molecule has 10 rings (SSSR count). The largest absolute Gasteiger partial charge is 0.456 e. The third-order valence-electron chi connectivity index (χ3n) is 9.31. The van der Waals surface area contributed by atoms with E-state index < -0.39 is 0 Å². The van der Waals surface area contributed by atoms with Crippen LogP contribution >= 0.6 is 0 Å². The molecular formula is C45H27N3O2. The molecule has 0 amide bonds. The molecule has 0 unspecified atom stereocenters. The number of benzene rings is 7. The number of aromatic nitrogens is 3. The van der Waals surface area contributed by atoms with Crippen molar-refractivity contribution in [1.29, 1.82) is 0 Å². The fraction of sp³-hybridized carbons (Fsp3) is 0. The van der Waals surface area contributed by atoms with E-state index in [1.54, 1.807) is 0 Å². The Hall–Kier alpha value is -6.85. The molecule has 50 heavy (non-hydrogen) atoms. The highest BCUT2D eigenvalue weighted by atomic mass is 16.3. The van der Waals surface area contributed by atoms with Gasteiger partial charge in [0, 0.05) is 38.2 Å². The van der Waals surface area contributed by atoms with Crippen LogP contribution in [-0.2, 0) is 0 Å². The molecule has 3 aromatic heterocycles. The summed E-state index contributed by atoms with van der Waals surface area (Å²) in [5.74, 6) is 1.76. The Labute approximate surface area is 287 Å². The van der Waals surface area contributed by atoms with Crippen molar-refractivity contribution in [3.05, 3.63) is 164 Å². The van der Waals surface area contributed by atoms with E-state index in [4.69, 9.17) is 23.8 Å². The maximum Gasteiger partial charge on any atom is 0.164 e. The minimum Gasteiger partial charge on any atom is -0.456 e. The highest BCUT2D eigenvalue weighted by Crippen LogP contribution is 2.36. The first-order valence-electron chi connectivity index (χ1n) is 16.6. The van der Waals surface area contributed by atoms with Crippen LogP contribution in [0.5, 0.6) is 0 Å². The smallest absolute Gasteiger partial charge is 0.164 e. The van der Waals surface area contributed by atoms with Crippen LogP contribution in [0.15, 0.2) is 173 Å². The van der Waals surface area contributed by atoms with Gasteiger partial charge in [-0.15, -0.1) is 0 Å². The number of para-hydroxylation sites is 2. The summed E-state index contributed by atoms with van der Waals surface area (Å²) in [6.45, 7) is 0. The zero-order valence-electron chi connectivity index (χ0n) is 26.7. The van der Waals surface area contributed by atoms with Crippen molar-refractivity contribution < 1.29 is 8.83 Å². The molecule has 0 aliphatic carbocycles. The van der Waals surface area contributed by atoms with Gasteiger partial charge in [0.1, 0.15) is 22.3 Å². The van der Waals surface area contributed by atoms with Gasteiger partial charge >= 0.3 is 0 Å². The Balaban J connectivity index is 1.21. The molecule has 0 N–H and O–H groups in total. The average Bonchev–Trinajstić information content (AvgIpc) is 3.76. The summed E-state index contributed by atoms with van der Waals surface area (Å²) in [7, 11) is 0. The van der Waals surface area contributed by atoms with Crippen molar-refractivity contribution >= 4 is 43.9 Å². The van der Waals surface area contributed by atoms with E-state index in [1.165, 1.54) is 0 Å². The van der Waals surface area contributed by atoms with Crippen molar-refractivity contribution in [2.24, 2.45) is 0 Å². The zero-order chi connectivity index (χ0) is 33.0. The predicted octanol–water partition coefficient (Wildman–Crippen LogP) is 12.0. The van der Waals surface area contributed by atoms with Crippen LogP contribution in [0, 0.1) is 0 Å². The minimum absolute atomic E-state index is 0.584. The molecule has 0 saturated heterocycles. The third-order valence-corrected chi connectivity index (χ3v) is 9.31. The highest BCUT2D eigenvalue weighted by Gasteiger charge is 2.17. The molecule has 5 heteroatoms. The quantitative estimate of drug-likeness (QED) is 0.187. The van der Waals surface area contributed by atoms with Gasteiger partial charge in [-0.25, -0.2) is 15.0 Å². The van der Waals surface area contributed by atoms with Crippen LogP contribution < -0.4 is 0 Å². The van der Waals surface area contributed by atoms with Gasteiger partial charge in [-0.2, -0.15) is 0 Å². The fourth-order valence-electron chi connectivity index (χ4n) is 6.84. The average molecular weight is 642 g/mol. The molecule has 0 saturated carbocycles. The van der Waals surface area contributed by atoms with Gasteiger partial charge in [0.15, 0.2) is 17.5 Å². The van der Waals surface area contributed by atoms with E-state index in [0.29, 0.717) is 17.5 Å². The number of hydrogen-bond donors (Lipinski definition) is 0. The lowest BCUT2D eigenvalue weighted by molar-refractivity contribution is 0.668. The fourth-order valence-corrected chi connectivity index (χ4v) is 6.84. The van der Waals surface area contributed by atoms with E-state index in [1.807, 2.05) is 72.8 Å². The van der Waals surface area contributed by atoms with E-state index in [0.717, 1.165) is 82.8 Å². The number of hydrogen-bond acceptors (Lipinski definition) is 5. The molecule has 0 aliphatic heterocycles. The summed E-state index contributed by atoms with van der Waals surface area (Å²) >= 11 is 0. The molecule has 0 aliphatic rings. The normalized spacial score (nSPS) is 11.6. The van der Waals surface area contributed by atoms with Gasteiger partial charge in [0.2, 0.25) is 0 Å². The van der Waals surface area contributed by atoms with Crippen LogP contribution in [0.1, 0.15) is 0 Å². The van der Waals surface area contributed by atoms with Gasteiger partial charge in [0.05, 0.1) is 0 Å². The van der Waals surface area contributed by atoms with Crippen molar-refractivity contribution in [2.75, 3.05) is 0 Å². The van der Waals surface area contributed by atoms with E-state index >= 15 is 0 Å². The summed E-state index contributed by atoms with van der Waals surface area (Å²) < 4.78 is 12.3. The second-order valence-corrected chi connectivity index (χ2v) is 12.5. The van der Waals surface area contributed by atoms with Crippen molar-refractivity contribution in [3.8, 4) is 56.4 Å².